The molecule has 0 heterocycles. The van der Waals surface area contributed by atoms with Gasteiger partial charge in [-0.3, -0.25) is 4.90 Å². The number of rotatable bonds is 12. The SMILES string of the molecule is COCCCOCCN(CCBr)CCOC. The van der Waals surface area contributed by atoms with Gasteiger partial charge in [-0.15, -0.1) is 0 Å². The topological polar surface area (TPSA) is 30.9 Å². The Morgan fingerprint density at radius 2 is 1.56 bits per heavy atom. The van der Waals surface area contributed by atoms with Gasteiger partial charge >= 0.3 is 0 Å². The Labute approximate surface area is 107 Å². The predicted molar refractivity (Wildman–Crippen MR) is 69.4 cm³/mol. The van der Waals surface area contributed by atoms with Gasteiger partial charge in [0, 0.05) is 52.4 Å². The van der Waals surface area contributed by atoms with Crippen molar-refractivity contribution in [3.8, 4) is 0 Å². The van der Waals surface area contributed by atoms with Gasteiger partial charge in [-0.25, -0.2) is 0 Å². The van der Waals surface area contributed by atoms with Crippen LogP contribution in [0.1, 0.15) is 6.42 Å². The predicted octanol–water partition coefficient (Wildman–Crippen LogP) is 1.38. The molecule has 0 radical (unpaired) electrons. The lowest BCUT2D eigenvalue weighted by Gasteiger charge is -2.20. The number of methoxy groups -OCH3 is 2. The molecular weight excluding hydrogens is 274 g/mol. The third-order valence-corrected chi connectivity index (χ3v) is 2.56. The van der Waals surface area contributed by atoms with Crippen LogP contribution in [0.3, 0.4) is 0 Å². The highest BCUT2D eigenvalue weighted by molar-refractivity contribution is 9.09. The zero-order chi connectivity index (χ0) is 12.1. The van der Waals surface area contributed by atoms with Gasteiger partial charge in [-0.1, -0.05) is 15.9 Å². The second-order valence-electron chi connectivity index (χ2n) is 3.48. The molecule has 0 aliphatic rings. The van der Waals surface area contributed by atoms with Crippen molar-refractivity contribution < 1.29 is 14.2 Å². The Morgan fingerprint density at radius 1 is 0.875 bits per heavy atom. The number of alkyl halides is 1. The summed E-state index contributed by atoms with van der Waals surface area (Å²) in [5, 5.41) is 0.986. The first-order valence-corrected chi connectivity index (χ1v) is 6.81. The fourth-order valence-electron chi connectivity index (χ4n) is 1.28. The number of hydrogen-bond donors (Lipinski definition) is 0. The fourth-order valence-corrected chi connectivity index (χ4v) is 1.78. The summed E-state index contributed by atoms with van der Waals surface area (Å²) in [5.41, 5.74) is 0. The van der Waals surface area contributed by atoms with E-state index in [-0.39, 0.29) is 0 Å². The molecule has 0 aromatic carbocycles. The van der Waals surface area contributed by atoms with E-state index in [4.69, 9.17) is 14.2 Å². The van der Waals surface area contributed by atoms with Gasteiger partial charge in [-0.05, 0) is 6.42 Å². The maximum atomic E-state index is 5.51. The molecule has 5 heteroatoms. The largest absolute Gasteiger partial charge is 0.385 e. The molecule has 0 saturated carbocycles. The van der Waals surface area contributed by atoms with Crippen LogP contribution in [0.5, 0.6) is 0 Å². The summed E-state index contributed by atoms with van der Waals surface area (Å²) in [6.07, 6.45) is 0.965. The van der Waals surface area contributed by atoms with Crippen LogP contribution >= 0.6 is 15.9 Å². The van der Waals surface area contributed by atoms with Crippen LogP contribution in [0.2, 0.25) is 0 Å². The first kappa shape index (κ1) is 16.3. The summed E-state index contributed by atoms with van der Waals surface area (Å²) in [5.74, 6) is 0. The molecule has 0 aliphatic carbocycles. The van der Waals surface area contributed by atoms with E-state index in [0.717, 1.165) is 57.8 Å². The summed E-state index contributed by atoms with van der Waals surface area (Å²) >= 11 is 3.45. The Balaban J connectivity index is 3.36. The highest BCUT2D eigenvalue weighted by Gasteiger charge is 2.03. The minimum atomic E-state index is 0.773. The maximum absolute atomic E-state index is 5.51. The molecule has 0 N–H and O–H groups in total. The number of nitrogens with zero attached hydrogens (tertiary/aromatic N) is 1. The van der Waals surface area contributed by atoms with Crippen LogP contribution in [0.15, 0.2) is 0 Å². The molecule has 0 rings (SSSR count). The summed E-state index contributed by atoms with van der Waals surface area (Å²) < 4.78 is 15.5. The molecule has 0 bridgehead atoms. The molecule has 0 spiro atoms. The van der Waals surface area contributed by atoms with E-state index in [1.165, 1.54) is 0 Å². The van der Waals surface area contributed by atoms with Gasteiger partial charge in [0.2, 0.25) is 0 Å². The summed E-state index contributed by atoms with van der Waals surface area (Å²) in [6.45, 7) is 6.06. The van der Waals surface area contributed by atoms with Crippen LogP contribution < -0.4 is 0 Å². The van der Waals surface area contributed by atoms with Crippen molar-refractivity contribution in [1.82, 2.24) is 4.90 Å². The van der Waals surface area contributed by atoms with Crippen molar-refractivity contribution in [3.05, 3.63) is 0 Å². The third kappa shape index (κ3) is 10.8. The number of ether oxygens (including phenoxy) is 3. The molecule has 0 fully saturated rings. The Morgan fingerprint density at radius 3 is 2.19 bits per heavy atom. The lowest BCUT2D eigenvalue weighted by molar-refractivity contribution is 0.0766. The molecule has 0 aromatic rings. The van der Waals surface area contributed by atoms with Gasteiger partial charge in [0.15, 0.2) is 0 Å². The van der Waals surface area contributed by atoms with Crippen LogP contribution in [0.4, 0.5) is 0 Å². The first-order chi connectivity index (χ1) is 7.85. The van der Waals surface area contributed by atoms with E-state index >= 15 is 0 Å². The van der Waals surface area contributed by atoms with Crippen LogP contribution in [0, 0.1) is 0 Å². The molecule has 0 aliphatic heterocycles. The van der Waals surface area contributed by atoms with E-state index in [0.29, 0.717) is 0 Å². The number of halogens is 1. The zero-order valence-electron chi connectivity index (χ0n) is 10.4. The maximum Gasteiger partial charge on any atom is 0.0593 e. The van der Waals surface area contributed by atoms with Gasteiger partial charge in [0.1, 0.15) is 0 Å². The van der Waals surface area contributed by atoms with Crippen LogP contribution in [-0.2, 0) is 14.2 Å². The lowest BCUT2D eigenvalue weighted by atomic mass is 10.4. The van der Waals surface area contributed by atoms with Crippen LogP contribution in [0.25, 0.3) is 0 Å². The second kappa shape index (κ2) is 13.4. The fraction of sp³-hybridized carbons (Fsp3) is 1.00. The van der Waals surface area contributed by atoms with Gasteiger partial charge in [-0.2, -0.15) is 0 Å². The highest BCUT2D eigenvalue weighted by Crippen LogP contribution is 1.93. The first-order valence-electron chi connectivity index (χ1n) is 5.69. The van der Waals surface area contributed by atoms with E-state index < -0.39 is 0 Å². The Bertz CT molecular complexity index is 138. The highest BCUT2D eigenvalue weighted by atomic mass is 79.9. The zero-order valence-corrected chi connectivity index (χ0v) is 12.0. The second-order valence-corrected chi connectivity index (χ2v) is 4.28. The summed E-state index contributed by atoms with van der Waals surface area (Å²) in [6, 6.07) is 0. The average Bonchev–Trinajstić information content (AvgIpc) is 2.30. The monoisotopic (exact) mass is 297 g/mol. The van der Waals surface area contributed by atoms with Crippen LogP contribution in [-0.4, -0.2) is 70.5 Å². The molecule has 98 valence electrons. The minimum Gasteiger partial charge on any atom is -0.385 e. The normalized spacial score (nSPS) is 11.2. The number of hydrogen-bond acceptors (Lipinski definition) is 4. The minimum absolute atomic E-state index is 0.773. The van der Waals surface area contributed by atoms with Crippen molar-refractivity contribution in [3.63, 3.8) is 0 Å². The van der Waals surface area contributed by atoms with E-state index in [2.05, 4.69) is 20.8 Å². The molecule has 0 saturated heterocycles. The summed E-state index contributed by atoms with van der Waals surface area (Å²) in [7, 11) is 3.44. The van der Waals surface area contributed by atoms with Crippen molar-refractivity contribution in [2.75, 3.05) is 65.6 Å². The smallest absolute Gasteiger partial charge is 0.0593 e. The van der Waals surface area contributed by atoms with E-state index in [1.807, 2.05) is 0 Å². The molecule has 0 aromatic heterocycles. The molecule has 16 heavy (non-hydrogen) atoms. The quantitative estimate of drug-likeness (QED) is 0.402. The van der Waals surface area contributed by atoms with E-state index in [1.54, 1.807) is 14.2 Å². The van der Waals surface area contributed by atoms with Crippen molar-refractivity contribution in [2.45, 2.75) is 6.42 Å². The molecular formula is C11H24BrNO3. The van der Waals surface area contributed by atoms with Crippen molar-refractivity contribution in [2.24, 2.45) is 0 Å². The molecule has 0 unspecified atom stereocenters. The van der Waals surface area contributed by atoms with Gasteiger partial charge in [0.05, 0.1) is 13.2 Å². The van der Waals surface area contributed by atoms with Gasteiger partial charge < -0.3 is 14.2 Å². The van der Waals surface area contributed by atoms with Gasteiger partial charge in [0.25, 0.3) is 0 Å². The van der Waals surface area contributed by atoms with Crippen molar-refractivity contribution in [1.29, 1.82) is 0 Å². The Hall–Kier alpha value is 0.320. The third-order valence-electron chi connectivity index (χ3n) is 2.20. The molecule has 4 nitrogen and oxygen atoms in total. The van der Waals surface area contributed by atoms with E-state index in [9.17, 15) is 0 Å². The van der Waals surface area contributed by atoms with Crippen molar-refractivity contribution >= 4 is 15.9 Å². The molecule has 0 amide bonds. The lowest BCUT2D eigenvalue weighted by Crippen LogP contribution is -2.32. The summed E-state index contributed by atoms with van der Waals surface area (Å²) in [4.78, 5) is 2.33. The standard InChI is InChI=1S/C11H24BrNO3/c1-14-8-3-9-16-11-7-13(5-4-12)6-10-15-2/h3-11H2,1-2H3. The molecule has 0 atom stereocenters. The Kier molecular flexibility index (Phi) is 13.7. The average molecular weight is 298 g/mol.